The Morgan fingerprint density at radius 3 is 2.57 bits per heavy atom. The highest BCUT2D eigenvalue weighted by Gasteiger charge is 2.37. The molecule has 0 aliphatic carbocycles. The highest BCUT2D eigenvalue weighted by Crippen LogP contribution is 2.39. The van der Waals surface area contributed by atoms with Crippen molar-refractivity contribution in [2.75, 3.05) is 23.8 Å². The fraction of sp³-hybridized carbons (Fsp3) is 0.375. The second-order valence-corrected chi connectivity index (χ2v) is 8.92. The molecule has 0 fully saturated rings. The van der Waals surface area contributed by atoms with Gasteiger partial charge in [-0.1, -0.05) is 30.3 Å². The van der Waals surface area contributed by atoms with Gasteiger partial charge in [0.05, 0.1) is 23.9 Å². The minimum Gasteiger partial charge on any atom is -0.480 e. The van der Waals surface area contributed by atoms with E-state index in [1.54, 1.807) is 6.92 Å². The molecular weight excluding hydrogens is 485 g/mol. The van der Waals surface area contributed by atoms with Crippen LogP contribution in [0.5, 0.6) is 0 Å². The lowest BCUT2D eigenvalue weighted by atomic mass is 10.0. The van der Waals surface area contributed by atoms with E-state index in [1.807, 2.05) is 30.3 Å². The van der Waals surface area contributed by atoms with Crippen LogP contribution in [0.25, 0.3) is 0 Å². The summed E-state index contributed by atoms with van der Waals surface area (Å²) in [5, 5.41) is 12.3. The third-order valence-electron chi connectivity index (χ3n) is 5.38. The van der Waals surface area contributed by atoms with E-state index >= 15 is 0 Å². The number of ether oxygens (including phenoxy) is 1. The number of carboxylic acids is 1. The van der Waals surface area contributed by atoms with E-state index in [-0.39, 0.29) is 18.0 Å². The number of amides is 1. The number of hydrogen-bond donors (Lipinski definition) is 2. The van der Waals surface area contributed by atoms with Crippen LogP contribution in [-0.4, -0.2) is 53.9 Å². The van der Waals surface area contributed by atoms with Crippen molar-refractivity contribution in [3.8, 4) is 0 Å². The molecule has 2 N–H and O–H groups in total. The van der Waals surface area contributed by atoms with Crippen LogP contribution in [0.2, 0.25) is 0 Å². The van der Waals surface area contributed by atoms with Crippen molar-refractivity contribution in [1.82, 2.24) is 5.32 Å². The van der Waals surface area contributed by atoms with Crippen LogP contribution < -0.4 is 10.2 Å². The van der Waals surface area contributed by atoms with Gasteiger partial charge in [-0.15, -0.1) is 11.8 Å². The molecule has 188 valence electrons. The smallest absolute Gasteiger partial charge is 0.416 e. The Morgan fingerprint density at radius 1 is 1.23 bits per heavy atom. The van der Waals surface area contributed by atoms with Crippen LogP contribution in [0.15, 0.2) is 53.4 Å². The molecule has 2 aromatic rings. The number of rotatable bonds is 9. The summed E-state index contributed by atoms with van der Waals surface area (Å²) in [6.07, 6.45) is -3.84. The molecule has 0 aromatic heterocycles. The average molecular weight is 511 g/mol. The number of benzene rings is 2. The SMILES string of the molecule is CCOC(=O)C(CCc1ccccc1)N[C@H]1CSc2ccc(C(F)(F)F)cc2N(CC(=O)O)C1=O. The number of aliphatic carboxylic acids is 1. The third-order valence-corrected chi connectivity index (χ3v) is 6.53. The number of carbonyl (C=O) groups is 3. The van der Waals surface area contributed by atoms with E-state index in [1.165, 1.54) is 6.07 Å². The monoisotopic (exact) mass is 510 g/mol. The maximum Gasteiger partial charge on any atom is 0.416 e. The van der Waals surface area contributed by atoms with Gasteiger partial charge in [0.15, 0.2) is 0 Å². The Balaban J connectivity index is 1.87. The number of nitrogens with one attached hydrogen (secondary N) is 1. The molecule has 2 atom stereocenters. The summed E-state index contributed by atoms with van der Waals surface area (Å²) in [4.78, 5) is 38.6. The Morgan fingerprint density at radius 2 is 1.94 bits per heavy atom. The fourth-order valence-corrected chi connectivity index (χ4v) is 4.77. The van der Waals surface area contributed by atoms with E-state index in [4.69, 9.17) is 4.74 Å². The average Bonchev–Trinajstić information content (AvgIpc) is 2.93. The van der Waals surface area contributed by atoms with Crippen molar-refractivity contribution in [2.24, 2.45) is 0 Å². The predicted octanol–water partition coefficient (Wildman–Crippen LogP) is 3.75. The Bertz CT molecular complexity index is 1060. The summed E-state index contributed by atoms with van der Waals surface area (Å²) in [6, 6.07) is 10.4. The van der Waals surface area contributed by atoms with Crippen molar-refractivity contribution in [1.29, 1.82) is 0 Å². The zero-order chi connectivity index (χ0) is 25.6. The number of aryl methyl sites for hydroxylation is 1. The number of fused-ring (bicyclic) bond motifs is 1. The number of halogens is 3. The maximum absolute atomic E-state index is 13.3. The number of carbonyl (C=O) groups excluding carboxylic acids is 2. The van der Waals surface area contributed by atoms with Crippen LogP contribution in [0.3, 0.4) is 0 Å². The van der Waals surface area contributed by atoms with E-state index < -0.39 is 48.2 Å². The number of thioether (sulfide) groups is 1. The van der Waals surface area contributed by atoms with Crippen LogP contribution in [0.4, 0.5) is 18.9 Å². The molecule has 7 nitrogen and oxygen atoms in total. The lowest BCUT2D eigenvalue weighted by molar-refractivity contribution is -0.146. The normalized spacial score (nSPS) is 16.9. The molecular formula is C24H25F3N2O5S. The second-order valence-electron chi connectivity index (χ2n) is 7.86. The largest absolute Gasteiger partial charge is 0.480 e. The van der Waals surface area contributed by atoms with Crippen LogP contribution in [0.1, 0.15) is 24.5 Å². The third kappa shape index (κ3) is 6.98. The van der Waals surface area contributed by atoms with Gasteiger partial charge in [0.25, 0.3) is 0 Å². The molecule has 0 saturated heterocycles. The molecule has 0 radical (unpaired) electrons. The Hall–Kier alpha value is -3.05. The van der Waals surface area contributed by atoms with Crippen LogP contribution in [0, 0.1) is 0 Å². The summed E-state index contributed by atoms with van der Waals surface area (Å²) in [5.74, 6) is -2.58. The first-order valence-electron chi connectivity index (χ1n) is 10.9. The van der Waals surface area contributed by atoms with Crippen molar-refractivity contribution in [3.63, 3.8) is 0 Å². The van der Waals surface area contributed by atoms with Gasteiger partial charge >= 0.3 is 18.1 Å². The van der Waals surface area contributed by atoms with Crippen LogP contribution in [-0.2, 0) is 31.7 Å². The highest BCUT2D eigenvalue weighted by atomic mass is 32.2. The zero-order valence-corrected chi connectivity index (χ0v) is 19.7. The first kappa shape index (κ1) is 26.6. The van der Waals surface area contributed by atoms with Gasteiger partial charge in [-0.05, 0) is 43.5 Å². The standard InChI is InChI=1S/C24H25F3N2O5S/c1-2-34-23(33)17(10-8-15-6-4-3-5-7-15)28-18-14-35-20-11-9-16(24(25,26)27)12-19(20)29(22(18)32)13-21(30)31/h3-7,9,11-12,17-18,28H,2,8,10,13-14H2,1H3,(H,30,31)/t17?,18-/m0/s1. The summed E-state index contributed by atoms with van der Waals surface area (Å²) >= 11 is 1.12. The van der Waals surface area contributed by atoms with Gasteiger partial charge in [0.1, 0.15) is 12.6 Å². The second kappa shape index (κ2) is 11.6. The van der Waals surface area contributed by atoms with E-state index in [0.29, 0.717) is 17.7 Å². The molecule has 1 aliphatic rings. The summed E-state index contributed by atoms with van der Waals surface area (Å²) < 4.78 is 45.0. The van der Waals surface area contributed by atoms with Crippen molar-refractivity contribution < 1.29 is 37.4 Å². The number of carboxylic acid groups (broad SMARTS) is 1. The van der Waals surface area contributed by atoms with Gasteiger partial charge in [0.2, 0.25) is 5.91 Å². The fourth-order valence-electron chi connectivity index (χ4n) is 3.71. The number of alkyl halides is 3. The Labute approximate surface area is 204 Å². The lowest BCUT2D eigenvalue weighted by Crippen LogP contribution is -2.54. The van der Waals surface area contributed by atoms with Gasteiger partial charge in [-0.25, -0.2) is 0 Å². The van der Waals surface area contributed by atoms with E-state index in [2.05, 4.69) is 5.32 Å². The molecule has 0 saturated carbocycles. The minimum atomic E-state index is -4.66. The molecule has 1 amide bonds. The topological polar surface area (TPSA) is 95.9 Å². The maximum atomic E-state index is 13.3. The van der Waals surface area contributed by atoms with E-state index in [0.717, 1.165) is 34.4 Å². The van der Waals surface area contributed by atoms with E-state index in [9.17, 15) is 32.7 Å². The first-order chi connectivity index (χ1) is 16.6. The summed E-state index contributed by atoms with van der Waals surface area (Å²) in [5.41, 5.74) is -0.137. The number of hydrogen-bond acceptors (Lipinski definition) is 6. The van der Waals surface area contributed by atoms with Crippen molar-refractivity contribution in [3.05, 3.63) is 59.7 Å². The molecule has 1 aliphatic heterocycles. The zero-order valence-electron chi connectivity index (χ0n) is 18.9. The predicted molar refractivity (Wildman–Crippen MR) is 124 cm³/mol. The molecule has 3 rings (SSSR count). The van der Waals surface area contributed by atoms with Gasteiger partial charge < -0.3 is 9.84 Å². The van der Waals surface area contributed by atoms with Crippen LogP contribution >= 0.6 is 11.8 Å². The van der Waals surface area contributed by atoms with Gasteiger partial charge in [-0.3, -0.25) is 24.6 Å². The summed E-state index contributed by atoms with van der Waals surface area (Å²) in [6.45, 7) is 0.967. The molecule has 2 aromatic carbocycles. The number of nitrogens with zero attached hydrogens (tertiary/aromatic N) is 1. The molecule has 1 heterocycles. The van der Waals surface area contributed by atoms with Gasteiger partial charge in [-0.2, -0.15) is 13.2 Å². The van der Waals surface area contributed by atoms with Crippen molar-refractivity contribution >= 4 is 35.3 Å². The first-order valence-corrected chi connectivity index (χ1v) is 11.9. The van der Waals surface area contributed by atoms with Gasteiger partial charge in [0, 0.05) is 10.6 Å². The number of anilines is 1. The molecule has 0 spiro atoms. The molecule has 1 unspecified atom stereocenters. The number of esters is 1. The highest BCUT2D eigenvalue weighted by molar-refractivity contribution is 7.99. The molecule has 0 bridgehead atoms. The minimum absolute atomic E-state index is 0.0918. The molecule has 35 heavy (non-hydrogen) atoms. The quantitative estimate of drug-likeness (QED) is 0.496. The summed E-state index contributed by atoms with van der Waals surface area (Å²) in [7, 11) is 0. The lowest BCUT2D eigenvalue weighted by Gasteiger charge is -2.27. The molecule has 11 heteroatoms. The Kier molecular flexibility index (Phi) is 8.79. The van der Waals surface area contributed by atoms with Crippen molar-refractivity contribution in [2.45, 2.75) is 42.9 Å².